The number of fused-ring (bicyclic) bond motifs is 6. The maximum absolute atomic E-state index is 10.0. The second kappa shape index (κ2) is 9.24. The summed E-state index contributed by atoms with van der Waals surface area (Å²) >= 11 is 0. The van der Waals surface area contributed by atoms with Crippen LogP contribution in [0, 0.1) is 22.7 Å². The third-order valence-electron chi connectivity index (χ3n) is 8.20. The van der Waals surface area contributed by atoms with E-state index in [1.807, 2.05) is 6.07 Å². The summed E-state index contributed by atoms with van der Waals surface area (Å²) in [5.74, 6) is 0. The van der Waals surface area contributed by atoms with Gasteiger partial charge in [-0.2, -0.15) is 10.5 Å². The van der Waals surface area contributed by atoms with Gasteiger partial charge in [-0.1, -0.05) is 84.9 Å². The molecule has 0 N–H and O–H groups in total. The van der Waals surface area contributed by atoms with Crippen molar-refractivity contribution in [2.75, 3.05) is 0 Å². The first-order valence-corrected chi connectivity index (χ1v) is 13.8. The number of hydrogen-bond donors (Lipinski definition) is 0. The maximum Gasteiger partial charge on any atom is 0.0998 e. The monoisotopic (exact) mass is 534 g/mol. The summed E-state index contributed by atoms with van der Waals surface area (Å²) in [7, 11) is 0. The van der Waals surface area contributed by atoms with Crippen molar-refractivity contribution in [3.05, 3.63) is 145 Å². The van der Waals surface area contributed by atoms with Gasteiger partial charge in [0.05, 0.1) is 56.7 Å². The zero-order chi connectivity index (χ0) is 28.2. The Labute approximate surface area is 242 Å². The van der Waals surface area contributed by atoms with Crippen molar-refractivity contribution in [3.63, 3.8) is 0 Å². The van der Waals surface area contributed by atoms with E-state index >= 15 is 0 Å². The van der Waals surface area contributed by atoms with Gasteiger partial charge in [-0.05, 0) is 59.7 Å². The van der Waals surface area contributed by atoms with Crippen molar-refractivity contribution >= 4 is 43.6 Å². The predicted molar refractivity (Wildman–Crippen MR) is 170 cm³/mol. The molecule has 0 saturated carbocycles. The molecule has 0 aliphatic heterocycles. The van der Waals surface area contributed by atoms with Crippen LogP contribution in [0.25, 0.3) is 66.1 Å². The molecule has 2 aromatic heterocycles. The molecule has 0 saturated heterocycles. The molecule has 0 amide bonds. The molecular weight excluding hydrogens is 512 g/mol. The summed E-state index contributed by atoms with van der Waals surface area (Å²) in [4.78, 5) is 0. The van der Waals surface area contributed by atoms with Gasteiger partial charge in [0.15, 0.2) is 0 Å². The van der Waals surface area contributed by atoms with Crippen LogP contribution in [0.3, 0.4) is 0 Å². The van der Waals surface area contributed by atoms with Gasteiger partial charge in [0.25, 0.3) is 0 Å². The standard InChI is InChI=1S/C38H22N4/c39-23-25-17-19-28(27(21-25)24-40)26-18-20-37(41-33-13-5-1-9-29(33)30-10-2-6-14-34(30)41)38(22-26)42-35-15-7-3-11-31(35)32-12-4-8-16-36(32)42/h1-22H. The van der Waals surface area contributed by atoms with Crippen LogP contribution in [0.15, 0.2) is 133 Å². The van der Waals surface area contributed by atoms with Crippen LogP contribution in [0.5, 0.6) is 0 Å². The van der Waals surface area contributed by atoms with Gasteiger partial charge in [0, 0.05) is 21.5 Å². The lowest BCUT2D eigenvalue weighted by atomic mass is 9.97. The highest BCUT2D eigenvalue weighted by Crippen LogP contribution is 2.39. The van der Waals surface area contributed by atoms with Gasteiger partial charge in [-0.15, -0.1) is 0 Å². The molecule has 4 nitrogen and oxygen atoms in total. The van der Waals surface area contributed by atoms with E-state index in [2.05, 4.69) is 137 Å². The topological polar surface area (TPSA) is 57.4 Å². The normalized spacial score (nSPS) is 11.3. The highest BCUT2D eigenvalue weighted by molar-refractivity contribution is 6.11. The number of nitriles is 2. The van der Waals surface area contributed by atoms with Gasteiger partial charge in [-0.25, -0.2) is 0 Å². The van der Waals surface area contributed by atoms with E-state index in [1.54, 1.807) is 12.1 Å². The quantitative estimate of drug-likeness (QED) is 0.227. The fraction of sp³-hybridized carbons (Fsp3) is 0. The molecule has 0 unspecified atom stereocenters. The van der Waals surface area contributed by atoms with Gasteiger partial charge in [0.2, 0.25) is 0 Å². The first kappa shape index (κ1) is 23.8. The molecule has 0 bridgehead atoms. The van der Waals surface area contributed by atoms with Crippen molar-refractivity contribution in [2.24, 2.45) is 0 Å². The third kappa shape index (κ3) is 3.40. The number of aromatic nitrogens is 2. The maximum atomic E-state index is 10.0. The van der Waals surface area contributed by atoms with E-state index in [-0.39, 0.29) is 0 Å². The first-order chi connectivity index (χ1) is 20.8. The van der Waals surface area contributed by atoms with Crippen molar-refractivity contribution in [1.82, 2.24) is 9.13 Å². The Bertz CT molecular complexity index is 2340. The summed E-state index contributed by atoms with van der Waals surface area (Å²) in [6.45, 7) is 0. The van der Waals surface area contributed by atoms with E-state index in [1.165, 1.54) is 21.5 Å². The van der Waals surface area contributed by atoms with Gasteiger partial charge < -0.3 is 9.13 Å². The molecule has 194 valence electrons. The summed E-state index contributed by atoms with van der Waals surface area (Å²) in [5.41, 5.74) is 9.18. The zero-order valence-electron chi connectivity index (χ0n) is 22.5. The third-order valence-corrected chi connectivity index (χ3v) is 8.20. The lowest BCUT2D eigenvalue weighted by molar-refractivity contribution is 1.10. The highest BCUT2D eigenvalue weighted by atomic mass is 15.1. The summed E-state index contributed by atoms with van der Waals surface area (Å²) in [6, 6.07) is 50.3. The van der Waals surface area contributed by atoms with E-state index in [9.17, 15) is 10.5 Å². The van der Waals surface area contributed by atoms with Crippen LogP contribution >= 0.6 is 0 Å². The molecule has 0 aliphatic carbocycles. The van der Waals surface area contributed by atoms with Crippen LogP contribution in [0.2, 0.25) is 0 Å². The van der Waals surface area contributed by atoms with Crippen molar-refractivity contribution in [1.29, 1.82) is 10.5 Å². The second-order valence-electron chi connectivity index (χ2n) is 10.4. The molecule has 6 aromatic carbocycles. The van der Waals surface area contributed by atoms with E-state index in [4.69, 9.17) is 0 Å². The molecule has 2 heterocycles. The average Bonchev–Trinajstić information content (AvgIpc) is 3.57. The summed E-state index contributed by atoms with van der Waals surface area (Å²) < 4.78 is 4.68. The van der Waals surface area contributed by atoms with E-state index in [0.717, 1.165) is 44.6 Å². The zero-order valence-corrected chi connectivity index (χ0v) is 22.5. The van der Waals surface area contributed by atoms with Crippen LogP contribution in [-0.4, -0.2) is 9.13 Å². The second-order valence-corrected chi connectivity index (χ2v) is 10.4. The Morgan fingerprint density at radius 2 is 0.905 bits per heavy atom. The smallest absolute Gasteiger partial charge is 0.0998 e. The average molecular weight is 535 g/mol. The highest BCUT2D eigenvalue weighted by Gasteiger charge is 2.20. The first-order valence-electron chi connectivity index (χ1n) is 13.8. The molecule has 42 heavy (non-hydrogen) atoms. The number of rotatable bonds is 3. The Morgan fingerprint density at radius 1 is 0.429 bits per heavy atom. The molecule has 8 rings (SSSR count). The largest absolute Gasteiger partial charge is 0.307 e. The minimum absolute atomic E-state index is 0.472. The summed E-state index contributed by atoms with van der Waals surface area (Å²) in [6.07, 6.45) is 0. The fourth-order valence-corrected chi connectivity index (χ4v) is 6.38. The van der Waals surface area contributed by atoms with Crippen LogP contribution in [-0.2, 0) is 0 Å². The Morgan fingerprint density at radius 3 is 1.38 bits per heavy atom. The minimum Gasteiger partial charge on any atom is -0.307 e. The Kier molecular flexibility index (Phi) is 5.22. The molecule has 0 radical (unpaired) electrons. The molecule has 0 spiro atoms. The van der Waals surface area contributed by atoms with Crippen molar-refractivity contribution in [3.8, 4) is 34.6 Å². The van der Waals surface area contributed by atoms with Gasteiger partial charge in [-0.3, -0.25) is 0 Å². The Balaban J connectivity index is 1.53. The van der Waals surface area contributed by atoms with Gasteiger partial charge in [0.1, 0.15) is 0 Å². The van der Waals surface area contributed by atoms with Crippen molar-refractivity contribution in [2.45, 2.75) is 0 Å². The summed E-state index contributed by atoms with van der Waals surface area (Å²) in [5, 5.41) is 24.2. The van der Waals surface area contributed by atoms with Gasteiger partial charge >= 0.3 is 0 Å². The minimum atomic E-state index is 0.472. The number of nitrogens with zero attached hydrogens (tertiary/aromatic N) is 4. The Hall–Kier alpha value is -6.10. The molecule has 0 aliphatic rings. The van der Waals surface area contributed by atoms with Crippen molar-refractivity contribution < 1.29 is 0 Å². The SMILES string of the molecule is N#Cc1ccc(-c2ccc(-n3c4ccccc4c4ccccc43)c(-n3c4ccccc4c4ccccc43)c2)c(C#N)c1. The number of para-hydroxylation sites is 4. The molecule has 8 aromatic rings. The molecule has 4 heteroatoms. The van der Waals surface area contributed by atoms with E-state index in [0.29, 0.717) is 11.1 Å². The lowest BCUT2D eigenvalue weighted by Crippen LogP contribution is -2.04. The molecular formula is C38H22N4. The molecule has 0 atom stereocenters. The van der Waals surface area contributed by atoms with Crippen LogP contribution in [0.4, 0.5) is 0 Å². The fourth-order valence-electron chi connectivity index (χ4n) is 6.38. The van der Waals surface area contributed by atoms with Crippen LogP contribution in [0.1, 0.15) is 11.1 Å². The number of benzene rings is 6. The number of hydrogen-bond acceptors (Lipinski definition) is 2. The lowest BCUT2D eigenvalue weighted by Gasteiger charge is -2.18. The van der Waals surface area contributed by atoms with Crippen LogP contribution < -0.4 is 0 Å². The van der Waals surface area contributed by atoms with E-state index < -0.39 is 0 Å². The predicted octanol–water partition coefficient (Wildman–Crippen LogP) is 9.29. The molecule has 0 fully saturated rings.